The zero-order valence-corrected chi connectivity index (χ0v) is 23.9. The molecule has 244 valence electrons. The minimum Gasteiger partial charge on any atom is -0.388 e. The standard InChI is InChI=1S/C25H47N5O12/c26-30-22(35)6-5-20(33)28-8-2-11-39-14-16-40-15-13-38-10-1-7-27-19(32)3-4-21(34)29-9-12-41-25-24(37)23(36)18(31)17-42-25/h18,23-25,31,36-37H,1-17,26H2,(H,27,32)(H,28,33)(H,29,34)(H,30,35)/t18-,23+,24-,25-/m1/s1. The number of hydrogen-bond donors (Lipinski definition) is 8. The van der Waals surface area contributed by atoms with E-state index in [4.69, 9.17) is 29.5 Å². The van der Waals surface area contributed by atoms with E-state index in [1.165, 1.54) is 0 Å². The van der Waals surface area contributed by atoms with E-state index in [0.717, 1.165) is 0 Å². The number of carbonyl (C=O) groups excluding carboxylic acids is 4. The third-order valence-corrected chi connectivity index (χ3v) is 5.80. The molecule has 17 nitrogen and oxygen atoms in total. The average Bonchev–Trinajstić information content (AvgIpc) is 2.98. The van der Waals surface area contributed by atoms with Crippen molar-refractivity contribution in [3.05, 3.63) is 0 Å². The van der Waals surface area contributed by atoms with Crippen molar-refractivity contribution < 1.29 is 58.2 Å². The van der Waals surface area contributed by atoms with Crippen LogP contribution in [0.3, 0.4) is 0 Å². The van der Waals surface area contributed by atoms with Gasteiger partial charge in [-0.1, -0.05) is 0 Å². The molecule has 1 fully saturated rings. The van der Waals surface area contributed by atoms with E-state index in [1.54, 1.807) is 0 Å². The normalized spacial score (nSPS) is 20.1. The van der Waals surface area contributed by atoms with Gasteiger partial charge in [-0.15, -0.1) is 0 Å². The molecule has 1 aliphatic rings. The van der Waals surface area contributed by atoms with Crippen LogP contribution in [0.15, 0.2) is 0 Å². The Bertz CT molecular complexity index is 778. The Morgan fingerprint density at radius 1 is 0.643 bits per heavy atom. The van der Waals surface area contributed by atoms with Crippen LogP contribution in [0.2, 0.25) is 0 Å². The first-order valence-corrected chi connectivity index (χ1v) is 14.0. The molecule has 0 aliphatic carbocycles. The molecule has 1 aliphatic heterocycles. The summed E-state index contributed by atoms with van der Waals surface area (Å²) in [7, 11) is 0. The van der Waals surface area contributed by atoms with Gasteiger partial charge in [0.25, 0.3) is 0 Å². The summed E-state index contributed by atoms with van der Waals surface area (Å²) in [5, 5.41) is 36.7. The molecule has 0 unspecified atom stereocenters. The number of carbonyl (C=O) groups is 4. The third kappa shape index (κ3) is 18.9. The quantitative estimate of drug-likeness (QED) is 0.0226. The molecule has 1 heterocycles. The second-order valence-corrected chi connectivity index (χ2v) is 9.28. The zero-order valence-electron chi connectivity index (χ0n) is 23.9. The molecule has 9 N–H and O–H groups in total. The van der Waals surface area contributed by atoms with E-state index in [9.17, 15) is 34.5 Å². The lowest BCUT2D eigenvalue weighted by molar-refractivity contribution is -0.269. The van der Waals surface area contributed by atoms with Crippen molar-refractivity contribution in [1.29, 1.82) is 0 Å². The van der Waals surface area contributed by atoms with Crippen LogP contribution in [-0.2, 0) is 42.9 Å². The number of nitrogens with two attached hydrogens (primary N) is 1. The van der Waals surface area contributed by atoms with E-state index >= 15 is 0 Å². The van der Waals surface area contributed by atoms with E-state index in [-0.39, 0.29) is 69.1 Å². The van der Waals surface area contributed by atoms with Crippen LogP contribution in [0.5, 0.6) is 0 Å². The van der Waals surface area contributed by atoms with Gasteiger partial charge in [0.15, 0.2) is 6.29 Å². The van der Waals surface area contributed by atoms with Gasteiger partial charge >= 0.3 is 0 Å². The predicted molar refractivity (Wildman–Crippen MR) is 145 cm³/mol. The second-order valence-electron chi connectivity index (χ2n) is 9.28. The molecule has 0 bridgehead atoms. The molecule has 0 radical (unpaired) electrons. The molecule has 4 atom stereocenters. The number of aliphatic hydroxyl groups is 3. The predicted octanol–water partition coefficient (Wildman–Crippen LogP) is -3.83. The zero-order chi connectivity index (χ0) is 31.0. The van der Waals surface area contributed by atoms with Gasteiger partial charge in [0.1, 0.15) is 18.3 Å². The largest absolute Gasteiger partial charge is 0.388 e. The van der Waals surface area contributed by atoms with E-state index < -0.39 is 24.6 Å². The molecule has 1 saturated heterocycles. The van der Waals surface area contributed by atoms with Crippen molar-refractivity contribution in [3.8, 4) is 0 Å². The first kappa shape index (κ1) is 37.5. The number of aliphatic hydroxyl groups excluding tert-OH is 3. The smallest absolute Gasteiger partial charge is 0.234 e. The molecule has 17 heteroatoms. The average molecular weight is 610 g/mol. The lowest BCUT2D eigenvalue weighted by Gasteiger charge is -2.34. The lowest BCUT2D eigenvalue weighted by atomic mass is 10.1. The van der Waals surface area contributed by atoms with E-state index in [2.05, 4.69) is 16.0 Å². The van der Waals surface area contributed by atoms with Gasteiger partial charge in [-0.05, 0) is 12.8 Å². The Hall–Kier alpha value is -2.48. The molecule has 0 saturated carbocycles. The molecule has 1 rings (SSSR count). The Balaban J connectivity index is 1.83. The van der Waals surface area contributed by atoms with Crippen LogP contribution >= 0.6 is 0 Å². The van der Waals surface area contributed by atoms with Crippen molar-refractivity contribution in [1.82, 2.24) is 21.4 Å². The topological polar surface area (TPSA) is 249 Å². The van der Waals surface area contributed by atoms with Crippen molar-refractivity contribution in [3.63, 3.8) is 0 Å². The van der Waals surface area contributed by atoms with Gasteiger partial charge in [0.2, 0.25) is 23.6 Å². The maximum absolute atomic E-state index is 11.9. The van der Waals surface area contributed by atoms with Crippen LogP contribution in [0.25, 0.3) is 0 Å². The summed E-state index contributed by atoms with van der Waals surface area (Å²) in [6.45, 7) is 3.39. The monoisotopic (exact) mass is 609 g/mol. The highest BCUT2D eigenvalue weighted by Crippen LogP contribution is 2.16. The van der Waals surface area contributed by atoms with Gasteiger partial charge in [0.05, 0.1) is 39.6 Å². The second kappa shape index (κ2) is 24.0. The number of hydrogen-bond acceptors (Lipinski definition) is 13. The van der Waals surface area contributed by atoms with Gasteiger partial charge in [-0.3, -0.25) is 24.6 Å². The molecule has 0 aromatic heterocycles. The number of nitrogens with one attached hydrogen (secondary N) is 4. The summed E-state index contributed by atoms with van der Waals surface area (Å²) in [4.78, 5) is 46.2. The van der Waals surface area contributed by atoms with Crippen molar-refractivity contribution in [2.75, 3.05) is 72.5 Å². The maximum Gasteiger partial charge on any atom is 0.234 e. The summed E-state index contributed by atoms with van der Waals surface area (Å²) >= 11 is 0. The Kier molecular flexibility index (Phi) is 21.5. The van der Waals surface area contributed by atoms with Crippen LogP contribution in [0.4, 0.5) is 0 Å². The highest BCUT2D eigenvalue weighted by Gasteiger charge is 2.38. The van der Waals surface area contributed by atoms with Gasteiger partial charge < -0.3 is 55.0 Å². The highest BCUT2D eigenvalue weighted by molar-refractivity contribution is 5.84. The number of ether oxygens (including phenoxy) is 5. The van der Waals surface area contributed by atoms with E-state index in [0.29, 0.717) is 65.6 Å². The Morgan fingerprint density at radius 2 is 1.10 bits per heavy atom. The maximum atomic E-state index is 11.9. The SMILES string of the molecule is NNC(=O)CCC(=O)NCCCOCCOCCOCCCNC(=O)CCC(=O)NCCO[C@@H]1OC[C@@H](O)[C@H](O)[C@H]1O. The fraction of sp³-hybridized carbons (Fsp3) is 0.840. The van der Waals surface area contributed by atoms with Crippen molar-refractivity contribution in [2.24, 2.45) is 5.84 Å². The minimum absolute atomic E-state index is 0.00427. The molecule has 0 aromatic carbocycles. The molecule has 0 spiro atoms. The number of rotatable bonds is 24. The number of hydrazine groups is 1. The third-order valence-electron chi connectivity index (χ3n) is 5.80. The summed E-state index contributed by atoms with van der Waals surface area (Å²) < 4.78 is 26.6. The first-order chi connectivity index (χ1) is 20.2. The van der Waals surface area contributed by atoms with Crippen LogP contribution in [0.1, 0.15) is 38.5 Å². The Labute approximate surface area is 245 Å². The number of amides is 4. The van der Waals surface area contributed by atoms with E-state index in [1.807, 2.05) is 5.43 Å². The molecule has 42 heavy (non-hydrogen) atoms. The Morgan fingerprint density at radius 3 is 1.60 bits per heavy atom. The first-order valence-electron chi connectivity index (χ1n) is 14.0. The van der Waals surface area contributed by atoms with Crippen molar-refractivity contribution >= 4 is 23.6 Å². The summed E-state index contributed by atoms with van der Waals surface area (Å²) in [5.74, 6) is 3.75. The summed E-state index contributed by atoms with van der Waals surface area (Å²) in [5.41, 5.74) is 1.96. The fourth-order valence-corrected chi connectivity index (χ4v) is 3.43. The molecular formula is C25H47N5O12. The van der Waals surface area contributed by atoms with Crippen LogP contribution in [0, 0.1) is 0 Å². The summed E-state index contributed by atoms with van der Waals surface area (Å²) in [6.07, 6.45) is -3.63. The van der Waals surface area contributed by atoms with Crippen molar-refractivity contribution in [2.45, 2.75) is 63.1 Å². The fourth-order valence-electron chi connectivity index (χ4n) is 3.43. The van der Waals surface area contributed by atoms with Gasteiger partial charge in [-0.2, -0.15) is 0 Å². The summed E-state index contributed by atoms with van der Waals surface area (Å²) in [6, 6.07) is 0. The van der Waals surface area contributed by atoms with Crippen LogP contribution in [-0.4, -0.2) is 136 Å². The molecule has 4 amide bonds. The molecular weight excluding hydrogens is 562 g/mol. The van der Waals surface area contributed by atoms with Gasteiger partial charge in [-0.25, -0.2) is 5.84 Å². The lowest BCUT2D eigenvalue weighted by Crippen LogP contribution is -2.54. The van der Waals surface area contributed by atoms with Gasteiger partial charge in [0, 0.05) is 58.5 Å². The highest BCUT2D eigenvalue weighted by atomic mass is 16.7. The minimum atomic E-state index is -1.39. The van der Waals surface area contributed by atoms with Crippen LogP contribution < -0.4 is 27.2 Å². The molecule has 0 aromatic rings.